The highest BCUT2D eigenvalue weighted by atomic mass is 14.2. The molecule has 2 aromatic carbocycles. The molecule has 0 unspecified atom stereocenters. The second kappa shape index (κ2) is 4.42. The van der Waals surface area contributed by atoms with Crippen LogP contribution in [0.4, 0.5) is 0 Å². The Morgan fingerprint density at radius 3 is 2.00 bits per heavy atom. The van der Waals surface area contributed by atoms with Crippen molar-refractivity contribution in [3.05, 3.63) is 47.0 Å². The number of aryl methyl sites for hydroxylation is 1. The summed E-state index contributed by atoms with van der Waals surface area (Å²) < 4.78 is 0. The van der Waals surface area contributed by atoms with Gasteiger partial charge in [-0.1, -0.05) is 65.0 Å². The quantitative estimate of drug-likeness (QED) is 0.611. The van der Waals surface area contributed by atoms with Crippen molar-refractivity contribution < 1.29 is 0 Å². The molecule has 0 aromatic heterocycles. The molecule has 0 aliphatic heterocycles. The summed E-state index contributed by atoms with van der Waals surface area (Å²) in [6.07, 6.45) is 0. The molecule has 0 radical (unpaired) electrons. The Hall–Kier alpha value is -1.30. The third-order valence-corrected chi connectivity index (χ3v) is 3.78. The van der Waals surface area contributed by atoms with Gasteiger partial charge in [-0.25, -0.2) is 0 Å². The van der Waals surface area contributed by atoms with Crippen molar-refractivity contribution in [3.8, 4) is 0 Å². The molecule has 0 saturated heterocycles. The number of fused-ring (bicyclic) bond motifs is 1. The fourth-order valence-corrected chi connectivity index (χ4v) is 2.81. The topological polar surface area (TPSA) is 0 Å². The molecule has 0 fully saturated rings. The molecule has 2 rings (SSSR count). The van der Waals surface area contributed by atoms with E-state index in [0.717, 1.165) is 0 Å². The van der Waals surface area contributed by atoms with Gasteiger partial charge in [0.15, 0.2) is 0 Å². The molecule has 18 heavy (non-hydrogen) atoms. The molecule has 0 heterocycles. The molecule has 96 valence electrons. The molecule has 0 spiro atoms. The number of rotatable bonds is 1. The van der Waals surface area contributed by atoms with Gasteiger partial charge in [0.2, 0.25) is 0 Å². The second-order valence-electron chi connectivity index (χ2n) is 6.59. The van der Waals surface area contributed by atoms with Crippen LogP contribution in [0.2, 0.25) is 0 Å². The Balaban J connectivity index is 2.88. The van der Waals surface area contributed by atoms with Gasteiger partial charge in [-0.15, -0.1) is 0 Å². The van der Waals surface area contributed by atoms with Crippen LogP contribution in [0.5, 0.6) is 0 Å². The van der Waals surface area contributed by atoms with Gasteiger partial charge in [0.05, 0.1) is 0 Å². The lowest BCUT2D eigenvalue weighted by molar-refractivity contribution is 0.585. The minimum atomic E-state index is 0.206. The number of hydrogen-bond donors (Lipinski definition) is 0. The Kier molecular flexibility index (Phi) is 3.23. The van der Waals surface area contributed by atoms with Gasteiger partial charge in [0.25, 0.3) is 0 Å². The molecule has 0 bridgehead atoms. The van der Waals surface area contributed by atoms with Crippen molar-refractivity contribution in [2.45, 2.75) is 52.9 Å². The van der Waals surface area contributed by atoms with E-state index in [1.165, 1.54) is 27.5 Å². The molecule has 2 aromatic rings. The van der Waals surface area contributed by atoms with Crippen LogP contribution in [-0.4, -0.2) is 0 Å². The predicted molar refractivity (Wildman–Crippen MR) is 81.5 cm³/mol. The minimum Gasteiger partial charge on any atom is -0.0616 e. The van der Waals surface area contributed by atoms with E-state index in [1.54, 1.807) is 0 Å². The fourth-order valence-electron chi connectivity index (χ4n) is 2.81. The summed E-state index contributed by atoms with van der Waals surface area (Å²) in [6.45, 7) is 13.7. The fraction of sp³-hybridized carbons (Fsp3) is 0.444. The van der Waals surface area contributed by atoms with Crippen molar-refractivity contribution in [1.82, 2.24) is 0 Å². The third-order valence-electron chi connectivity index (χ3n) is 3.78. The molecule has 0 aliphatic rings. The largest absolute Gasteiger partial charge is 0.0616 e. The lowest BCUT2D eigenvalue weighted by Gasteiger charge is -2.25. The maximum absolute atomic E-state index is 2.42. The van der Waals surface area contributed by atoms with E-state index in [0.29, 0.717) is 5.92 Å². The Labute approximate surface area is 111 Å². The average molecular weight is 240 g/mol. The highest BCUT2D eigenvalue weighted by Crippen LogP contribution is 2.35. The number of benzene rings is 2. The first kappa shape index (κ1) is 13.1. The van der Waals surface area contributed by atoms with Crippen molar-refractivity contribution in [1.29, 1.82) is 0 Å². The van der Waals surface area contributed by atoms with E-state index in [2.05, 4.69) is 71.9 Å². The second-order valence-corrected chi connectivity index (χ2v) is 6.59. The van der Waals surface area contributed by atoms with Crippen LogP contribution in [0.25, 0.3) is 10.8 Å². The van der Waals surface area contributed by atoms with Gasteiger partial charge < -0.3 is 0 Å². The zero-order chi connectivity index (χ0) is 13.5. The monoisotopic (exact) mass is 240 g/mol. The maximum atomic E-state index is 2.42. The molecule has 0 saturated carbocycles. The molecule has 0 amide bonds. The zero-order valence-electron chi connectivity index (χ0n) is 12.5. The lowest BCUT2D eigenvalue weighted by atomic mass is 9.79. The van der Waals surface area contributed by atoms with E-state index in [-0.39, 0.29) is 5.41 Å². The third kappa shape index (κ3) is 2.16. The smallest absolute Gasteiger partial charge is 0.0129 e. The van der Waals surface area contributed by atoms with Crippen molar-refractivity contribution in [3.63, 3.8) is 0 Å². The molecule has 0 N–H and O–H groups in total. The van der Waals surface area contributed by atoms with Crippen LogP contribution in [0.1, 0.15) is 57.2 Å². The normalized spacial score (nSPS) is 12.4. The van der Waals surface area contributed by atoms with Crippen LogP contribution < -0.4 is 0 Å². The molecule has 0 heteroatoms. The van der Waals surface area contributed by atoms with Gasteiger partial charge in [0, 0.05) is 0 Å². The first-order chi connectivity index (χ1) is 8.32. The van der Waals surface area contributed by atoms with Crippen molar-refractivity contribution in [2.75, 3.05) is 0 Å². The Bertz CT molecular complexity index is 568. The maximum Gasteiger partial charge on any atom is -0.0129 e. The van der Waals surface area contributed by atoms with E-state index in [1.807, 2.05) is 0 Å². The van der Waals surface area contributed by atoms with Crippen molar-refractivity contribution >= 4 is 10.8 Å². The Morgan fingerprint density at radius 2 is 1.50 bits per heavy atom. The molecule has 0 atom stereocenters. The lowest BCUT2D eigenvalue weighted by Crippen LogP contribution is -2.14. The van der Waals surface area contributed by atoms with E-state index < -0.39 is 0 Å². The van der Waals surface area contributed by atoms with Gasteiger partial charge >= 0.3 is 0 Å². The van der Waals surface area contributed by atoms with Gasteiger partial charge in [0.1, 0.15) is 0 Å². The Morgan fingerprint density at radius 1 is 0.944 bits per heavy atom. The molecule has 0 nitrogen and oxygen atoms in total. The summed E-state index contributed by atoms with van der Waals surface area (Å²) in [5.74, 6) is 0.566. The number of hydrogen-bond acceptors (Lipinski definition) is 0. The van der Waals surface area contributed by atoms with Crippen LogP contribution in [0.15, 0.2) is 30.3 Å². The zero-order valence-corrected chi connectivity index (χ0v) is 12.5. The van der Waals surface area contributed by atoms with Crippen LogP contribution in [-0.2, 0) is 5.41 Å². The standard InChI is InChI=1S/C18H24/c1-12(2)16-11-17(18(4,5)6)13(3)14-9-7-8-10-15(14)16/h7-12H,1-6H3. The first-order valence-corrected chi connectivity index (χ1v) is 6.85. The summed E-state index contributed by atoms with van der Waals surface area (Å²) in [6, 6.07) is 11.2. The SMILES string of the molecule is Cc1c(C(C)(C)C)cc(C(C)C)c2ccccc12. The summed E-state index contributed by atoms with van der Waals surface area (Å²) in [7, 11) is 0. The summed E-state index contributed by atoms with van der Waals surface area (Å²) >= 11 is 0. The summed E-state index contributed by atoms with van der Waals surface area (Å²) in [5, 5.41) is 2.83. The highest BCUT2D eigenvalue weighted by molar-refractivity contribution is 5.90. The van der Waals surface area contributed by atoms with E-state index in [9.17, 15) is 0 Å². The minimum absolute atomic E-state index is 0.206. The molecular weight excluding hydrogens is 216 g/mol. The predicted octanol–water partition coefficient (Wildman–Crippen LogP) is 5.57. The van der Waals surface area contributed by atoms with Crippen LogP contribution in [0.3, 0.4) is 0 Å². The molecule has 0 aliphatic carbocycles. The summed E-state index contributed by atoms with van der Waals surface area (Å²) in [4.78, 5) is 0. The van der Waals surface area contributed by atoms with Crippen LogP contribution >= 0.6 is 0 Å². The molecular formula is C18H24. The van der Waals surface area contributed by atoms with Gasteiger partial charge in [-0.05, 0) is 45.7 Å². The van der Waals surface area contributed by atoms with E-state index >= 15 is 0 Å². The average Bonchev–Trinajstić information content (AvgIpc) is 2.27. The van der Waals surface area contributed by atoms with Gasteiger partial charge in [-0.3, -0.25) is 0 Å². The van der Waals surface area contributed by atoms with Crippen molar-refractivity contribution in [2.24, 2.45) is 0 Å². The van der Waals surface area contributed by atoms with Crippen LogP contribution in [0, 0.1) is 6.92 Å². The first-order valence-electron chi connectivity index (χ1n) is 6.85. The van der Waals surface area contributed by atoms with Gasteiger partial charge in [-0.2, -0.15) is 0 Å². The summed E-state index contributed by atoms with van der Waals surface area (Å²) in [5.41, 5.74) is 4.59. The highest BCUT2D eigenvalue weighted by Gasteiger charge is 2.20. The van der Waals surface area contributed by atoms with E-state index in [4.69, 9.17) is 0 Å².